The molecule has 4 nitrogen and oxygen atoms in total. The Morgan fingerprint density at radius 2 is 1.77 bits per heavy atom. The Morgan fingerprint density at radius 1 is 1.18 bits per heavy atom. The van der Waals surface area contributed by atoms with Gasteiger partial charge in [-0.05, 0) is 52.8 Å². The fourth-order valence-corrected chi connectivity index (χ4v) is 3.77. The summed E-state index contributed by atoms with van der Waals surface area (Å²) in [5, 5.41) is 0. The van der Waals surface area contributed by atoms with Crippen LogP contribution in [-0.2, 0) is 15.6 Å². The van der Waals surface area contributed by atoms with Crippen molar-refractivity contribution in [2.75, 3.05) is 6.26 Å². The molecule has 0 aliphatic carbocycles. The topological polar surface area (TPSA) is 59.9 Å². The number of benzene rings is 1. The van der Waals surface area contributed by atoms with Gasteiger partial charge in [0.05, 0.1) is 15.0 Å². The summed E-state index contributed by atoms with van der Waals surface area (Å²) in [7, 11) is -3.23. The number of aromatic nitrogens is 2. The maximum Gasteiger partial charge on any atom is 0.154 e. The highest BCUT2D eigenvalue weighted by atomic mass is 127. The molecule has 1 aromatic heterocycles. The van der Waals surface area contributed by atoms with Crippen molar-refractivity contribution >= 4 is 32.4 Å². The van der Waals surface area contributed by atoms with Crippen molar-refractivity contribution in [2.24, 2.45) is 0 Å². The molecule has 0 radical (unpaired) electrons. The van der Waals surface area contributed by atoms with Crippen LogP contribution in [0.1, 0.15) is 31.3 Å². The SMILES string of the molecule is CC(C)c1nc(CS(C)(=O)=O)nc(-c2ccc(F)cc2)c1I. The number of sulfone groups is 1. The minimum Gasteiger partial charge on any atom is -0.235 e. The van der Waals surface area contributed by atoms with E-state index >= 15 is 0 Å². The van der Waals surface area contributed by atoms with E-state index in [-0.39, 0.29) is 23.3 Å². The summed E-state index contributed by atoms with van der Waals surface area (Å²) < 4.78 is 37.0. The van der Waals surface area contributed by atoms with E-state index in [1.165, 1.54) is 12.1 Å². The first kappa shape index (κ1) is 17.3. The second-order valence-electron chi connectivity index (χ2n) is 5.42. The molecule has 0 atom stereocenters. The first-order valence-corrected chi connectivity index (χ1v) is 9.81. The Morgan fingerprint density at radius 3 is 2.27 bits per heavy atom. The minimum absolute atomic E-state index is 0.132. The average Bonchev–Trinajstić information content (AvgIpc) is 2.39. The van der Waals surface area contributed by atoms with Crippen LogP contribution >= 0.6 is 22.6 Å². The van der Waals surface area contributed by atoms with Gasteiger partial charge < -0.3 is 0 Å². The summed E-state index contributed by atoms with van der Waals surface area (Å²) in [6.07, 6.45) is 1.15. The standard InChI is InChI=1S/C15H16FIN2O2S/c1-9(2)14-13(17)15(10-4-6-11(16)7-5-10)19-12(18-14)8-22(3,20)21/h4-7,9H,8H2,1-3H3. The van der Waals surface area contributed by atoms with E-state index in [1.807, 2.05) is 13.8 Å². The van der Waals surface area contributed by atoms with Gasteiger partial charge in [0, 0.05) is 11.8 Å². The Bertz CT molecular complexity index is 790. The summed E-state index contributed by atoms with van der Waals surface area (Å²) in [5.41, 5.74) is 2.18. The number of rotatable bonds is 4. The Labute approximate surface area is 143 Å². The van der Waals surface area contributed by atoms with Crippen LogP contribution in [0.15, 0.2) is 24.3 Å². The third-order valence-corrected chi connectivity index (χ3v) is 4.83. The lowest BCUT2D eigenvalue weighted by Crippen LogP contribution is -2.11. The highest BCUT2D eigenvalue weighted by Crippen LogP contribution is 2.29. The highest BCUT2D eigenvalue weighted by Gasteiger charge is 2.18. The molecule has 0 N–H and O–H groups in total. The second-order valence-corrected chi connectivity index (χ2v) is 8.64. The third-order valence-electron chi connectivity index (χ3n) is 2.98. The van der Waals surface area contributed by atoms with Gasteiger partial charge in [-0.2, -0.15) is 0 Å². The zero-order chi connectivity index (χ0) is 16.5. The molecule has 1 aromatic carbocycles. The maximum atomic E-state index is 13.1. The van der Waals surface area contributed by atoms with E-state index in [9.17, 15) is 12.8 Å². The first-order valence-electron chi connectivity index (χ1n) is 6.67. The fraction of sp³-hybridized carbons (Fsp3) is 0.333. The van der Waals surface area contributed by atoms with E-state index in [0.29, 0.717) is 5.69 Å². The summed E-state index contributed by atoms with van der Waals surface area (Å²) in [6.45, 7) is 3.98. The van der Waals surface area contributed by atoms with E-state index < -0.39 is 9.84 Å². The van der Waals surface area contributed by atoms with Crippen LogP contribution in [0.5, 0.6) is 0 Å². The van der Waals surface area contributed by atoms with E-state index in [0.717, 1.165) is 21.1 Å². The fourth-order valence-electron chi connectivity index (χ4n) is 1.99. The van der Waals surface area contributed by atoms with Crippen molar-refractivity contribution in [2.45, 2.75) is 25.5 Å². The maximum absolute atomic E-state index is 13.1. The van der Waals surface area contributed by atoms with Crippen molar-refractivity contribution < 1.29 is 12.8 Å². The van der Waals surface area contributed by atoms with Crippen molar-refractivity contribution in [3.63, 3.8) is 0 Å². The molecular weight excluding hydrogens is 418 g/mol. The van der Waals surface area contributed by atoms with E-state index in [2.05, 4.69) is 32.6 Å². The zero-order valence-corrected chi connectivity index (χ0v) is 15.4. The predicted molar refractivity (Wildman–Crippen MR) is 92.8 cm³/mol. The summed E-state index contributed by atoms with van der Waals surface area (Å²) in [5.74, 6) is -0.135. The number of hydrogen-bond donors (Lipinski definition) is 0. The van der Waals surface area contributed by atoms with Crippen molar-refractivity contribution in [3.8, 4) is 11.3 Å². The molecule has 0 spiro atoms. The van der Waals surface area contributed by atoms with Gasteiger partial charge in [-0.15, -0.1) is 0 Å². The largest absolute Gasteiger partial charge is 0.235 e. The van der Waals surface area contributed by atoms with Gasteiger partial charge in [-0.1, -0.05) is 13.8 Å². The van der Waals surface area contributed by atoms with Gasteiger partial charge in [0.15, 0.2) is 9.84 Å². The van der Waals surface area contributed by atoms with Crippen LogP contribution in [0, 0.1) is 9.39 Å². The predicted octanol–water partition coefficient (Wildman–Crippen LogP) is 3.56. The quantitative estimate of drug-likeness (QED) is 0.691. The molecule has 118 valence electrons. The molecule has 0 amide bonds. The van der Waals surface area contributed by atoms with E-state index in [4.69, 9.17) is 0 Å². The molecule has 0 bridgehead atoms. The Kier molecular flexibility index (Phi) is 5.16. The van der Waals surface area contributed by atoms with Gasteiger partial charge in [0.2, 0.25) is 0 Å². The molecule has 2 aromatic rings. The van der Waals surface area contributed by atoms with Gasteiger partial charge in [0.1, 0.15) is 17.4 Å². The number of halogens is 2. The minimum atomic E-state index is -3.23. The van der Waals surface area contributed by atoms with Gasteiger partial charge in [-0.25, -0.2) is 22.8 Å². The summed E-state index contributed by atoms with van der Waals surface area (Å²) in [6, 6.07) is 5.99. The molecule has 0 aliphatic heterocycles. The van der Waals surface area contributed by atoms with Gasteiger partial charge in [0.25, 0.3) is 0 Å². The average molecular weight is 434 g/mol. The number of hydrogen-bond acceptors (Lipinski definition) is 4. The lowest BCUT2D eigenvalue weighted by molar-refractivity contribution is 0.599. The number of nitrogens with zero attached hydrogens (tertiary/aromatic N) is 2. The smallest absolute Gasteiger partial charge is 0.154 e. The van der Waals surface area contributed by atoms with Crippen LogP contribution < -0.4 is 0 Å². The van der Waals surface area contributed by atoms with E-state index in [1.54, 1.807) is 12.1 Å². The monoisotopic (exact) mass is 434 g/mol. The molecule has 0 saturated heterocycles. The van der Waals surface area contributed by atoms with Gasteiger partial charge in [-0.3, -0.25) is 0 Å². The molecule has 0 aliphatic rings. The summed E-state index contributed by atoms with van der Waals surface area (Å²) in [4.78, 5) is 8.77. The van der Waals surface area contributed by atoms with Gasteiger partial charge >= 0.3 is 0 Å². The first-order chi connectivity index (χ1) is 10.2. The summed E-state index contributed by atoms with van der Waals surface area (Å²) >= 11 is 2.15. The zero-order valence-electron chi connectivity index (χ0n) is 12.5. The van der Waals surface area contributed by atoms with Crippen LogP contribution in [0.25, 0.3) is 11.3 Å². The molecule has 0 saturated carbocycles. The van der Waals surface area contributed by atoms with Crippen LogP contribution in [-0.4, -0.2) is 24.6 Å². The normalized spacial score (nSPS) is 11.9. The lowest BCUT2D eigenvalue weighted by Gasteiger charge is -2.14. The van der Waals surface area contributed by atoms with Crippen molar-refractivity contribution in [3.05, 3.63) is 45.2 Å². The highest BCUT2D eigenvalue weighted by molar-refractivity contribution is 14.1. The van der Waals surface area contributed by atoms with Crippen molar-refractivity contribution in [1.82, 2.24) is 9.97 Å². The Hall–Kier alpha value is -1.09. The molecule has 22 heavy (non-hydrogen) atoms. The van der Waals surface area contributed by atoms with Crippen LogP contribution in [0.2, 0.25) is 0 Å². The van der Waals surface area contributed by atoms with Crippen LogP contribution in [0.4, 0.5) is 4.39 Å². The van der Waals surface area contributed by atoms with Crippen molar-refractivity contribution in [1.29, 1.82) is 0 Å². The molecular formula is C15H16FIN2O2S. The molecule has 0 unspecified atom stereocenters. The molecule has 2 rings (SSSR count). The Balaban J connectivity index is 2.63. The molecule has 7 heteroatoms. The molecule has 0 fully saturated rings. The lowest BCUT2D eigenvalue weighted by atomic mass is 10.1. The molecule has 1 heterocycles. The third kappa shape index (κ3) is 4.22. The van der Waals surface area contributed by atoms with Crippen LogP contribution in [0.3, 0.4) is 0 Å². The second kappa shape index (κ2) is 6.57.